The van der Waals surface area contributed by atoms with Crippen LogP contribution in [-0.2, 0) is 11.2 Å². The molecule has 0 saturated carbocycles. The van der Waals surface area contributed by atoms with Crippen LogP contribution in [0.1, 0.15) is 23.5 Å². The van der Waals surface area contributed by atoms with Crippen LogP contribution in [0.2, 0.25) is 0 Å². The predicted molar refractivity (Wildman–Crippen MR) is 85.4 cm³/mol. The molecule has 0 unspecified atom stereocenters. The van der Waals surface area contributed by atoms with E-state index in [1.807, 2.05) is 0 Å². The van der Waals surface area contributed by atoms with Crippen molar-refractivity contribution in [2.75, 3.05) is 5.32 Å². The summed E-state index contributed by atoms with van der Waals surface area (Å²) in [4.78, 5) is 30.5. The number of H-pyrrole nitrogens is 1. The average molecular weight is 368 g/mol. The summed E-state index contributed by atoms with van der Waals surface area (Å²) in [5, 5.41) is 2.49. The monoisotopic (exact) mass is 367 g/mol. The third-order valence-electron chi connectivity index (χ3n) is 3.15. The summed E-state index contributed by atoms with van der Waals surface area (Å²) in [6.45, 7) is 3.42. The van der Waals surface area contributed by atoms with Crippen LogP contribution >= 0.6 is 15.9 Å². The first-order chi connectivity index (χ1) is 10.4. The van der Waals surface area contributed by atoms with Crippen LogP contribution in [-0.4, -0.2) is 15.9 Å². The molecule has 1 amide bonds. The van der Waals surface area contributed by atoms with E-state index in [1.54, 1.807) is 19.9 Å². The van der Waals surface area contributed by atoms with E-state index in [-0.39, 0.29) is 30.0 Å². The van der Waals surface area contributed by atoms with Gasteiger partial charge in [-0.15, -0.1) is 0 Å². The number of hydrogen-bond acceptors (Lipinski definition) is 3. The summed E-state index contributed by atoms with van der Waals surface area (Å²) in [5.74, 6) is -0.345. The predicted octanol–water partition coefficient (Wildman–Crippen LogP) is 2.86. The molecule has 1 heterocycles. The van der Waals surface area contributed by atoms with Crippen LogP contribution in [0.4, 0.5) is 10.1 Å². The molecule has 0 aliphatic carbocycles. The molecule has 2 aromatic rings. The molecule has 116 valence electrons. The normalized spacial score (nSPS) is 10.5. The fourth-order valence-electron chi connectivity index (χ4n) is 2.09. The number of carbonyl (C=O) groups is 1. The maximum atomic E-state index is 13.6. The van der Waals surface area contributed by atoms with Gasteiger partial charge < -0.3 is 10.3 Å². The topological polar surface area (TPSA) is 74.8 Å². The number of nitrogens with zero attached hydrogens (tertiary/aromatic N) is 1. The number of nitrogens with one attached hydrogen (secondary N) is 2. The fourth-order valence-corrected chi connectivity index (χ4v) is 2.42. The van der Waals surface area contributed by atoms with Gasteiger partial charge in [-0.2, -0.15) is 0 Å². The lowest BCUT2D eigenvalue weighted by atomic mass is 10.1. The minimum atomic E-state index is -0.520. The van der Waals surface area contributed by atoms with Gasteiger partial charge in [0.2, 0.25) is 5.91 Å². The molecule has 0 radical (unpaired) electrons. The molecule has 5 nitrogen and oxygen atoms in total. The summed E-state index contributed by atoms with van der Waals surface area (Å²) in [7, 11) is 0. The highest BCUT2D eigenvalue weighted by atomic mass is 79.9. The van der Waals surface area contributed by atoms with Crippen molar-refractivity contribution < 1.29 is 9.18 Å². The van der Waals surface area contributed by atoms with Crippen LogP contribution in [0.3, 0.4) is 0 Å². The first-order valence-electron chi connectivity index (χ1n) is 6.68. The van der Waals surface area contributed by atoms with E-state index in [0.717, 1.165) is 0 Å². The molecular formula is C15H15BrFN3O2. The molecule has 7 heteroatoms. The Morgan fingerprint density at radius 1 is 1.41 bits per heavy atom. The van der Waals surface area contributed by atoms with Crippen molar-refractivity contribution in [2.24, 2.45) is 0 Å². The van der Waals surface area contributed by atoms with Gasteiger partial charge in [-0.1, -0.05) is 15.9 Å². The third-order valence-corrected chi connectivity index (χ3v) is 3.64. The summed E-state index contributed by atoms with van der Waals surface area (Å²) in [6.07, 6.45) is 0.322. The number of anilines is 1. The van der Waals surface area contributed by atoms with Crippen LogP contribution in [0, 0.1) is 19.7 Å². The molecule has 0 aliphatic heterocycles. The molecule has 0 aliphatic rings. The Kier molecular flexibility index (Phi) is 5.07. The molecular weight excluding hydrogens is 353 g/mol. The highest BCUT2D eigenvalue weighted by Gasteiger charge is 2.11. The Bertz CT molecular complexity index is 774. The lowest BCUT2D eigenvalue weighted by molar-refractivity contribution is -0.116. The molecule has 0 spiro atoms. The van der Waals surface area contributed by atoms with Crippen LogP contribution in [0.15, 0.2) is 27.5 Å². The molecule has 0 atom stereocenters. The van der Waals surface area contributed by atoms with Gasteiger partial charge in [0.1, 0.15) is 11.6 Å². The quantitative estimate of drug-likeness (QED) is 0.872. The molecule has 22 heavy (non-hydrogen) atoms. The SMILES string of the molecule is Cc1nc(C)c(CCC(=O)Nc2ccc(Br)cc2F)c(=O)[nH]1. The Balaban J connectivity index is 2.03. The number of halogens is 2. The Labute approximate surface area is 135 Å². The molecule has 0 fully saturated rings. The smallest absolute Gasteiger partial charge is 0.254 e. The molecule has 0 saturated heterocycles. The highest BCUT2D eigenvalue weighted by molar-refractivity contribution is 9.10. The Morgan fingerprint density at radius 3 is 2.77 bits per heavy atom. The molecule has 1 aromatic carbocycles. The largest absolute Gasteiger partial charge is 0.324 e. The highest BCUT2D eigenvalue weighted by Crippen LogP contribution is 2.19. The van der Waals surface area contributed by atoms with E-state index >= 15 is 0 Å². The summed E-state index contributed by atoms with van der Waals surface area (Å²) in [5.41, 5.74) is 0.939. The molecule has 2 N–H and O–H groups in total. The zero-order valence-corrected chi connectivity index (χ0v) is 13.8. The molecule has 0 bridgehead atoms. The first-order valence-corrected chi connectivity index (χ1v) is 7.47. The first kappa shape index (κ1) is 16.4. The van der Waals surface area contributed by atoms with Crippen molar-refractivity contribution in [2.45, 2.75) is 26.7 Å². The number of aryl methyl sites for hydroxylation is 2. The lowest BCUT2D eigenvalue weighted by Crippen LogP contribution is -2.20. The van der Waals surface area contributed by atoms with Crippen molar-refractivity contribution in [3.8, 4) is 0 Å². The zero-order chi connectivity index (χ0) is 16.3. The standard InChI is InChI=1S/C15H15BrFN3O2/c1-8-11(15(22)19-9(2)18-8)4-6-14(21)20-13-5-3-10(16)7-12(13)17/h3,5,7H,4,6H2,1-2H3,(H,20,21)(H,18,19,22). The van der Waals surface area contributed by atoms with Crippen molar-refractivity contribution in [3.63, 3.8) is 0 Å². The summed E-state index contributed by atoms with van der Waals surface area (Å²) < 4.78 is 14.2. The van der Waals surface area contributed by atoms with Gasteiger partial charge >= 0.3 is 0 Å². The second-order valence-electron chi connectivity index (χ2n) is 4.89. The molecule has 2 rings (SSSR count). The third kappa shape index (κ3) is 4.00. The van der Waals surface area contributed by atoms with Gasteiger partial charge in [0.25, 0.3) is 5.56 Å². The van der Waals surface area contributed by atoms with Crippen LogP contribution in [0.25, 0.3) is 0 Å². The van der Waals surface area contributed by atoms with Gasteiger partial charge in [-0.3, -0.25) is 9.59 Å². The van der Waals surface area contributed by atoms with Gasteiger partial charge in [0.15, 0.2) is 0 Å². The van der Waals surface area contributed by atoms with Crippen LogP contribution in [0.5, 0.6) is 0 Å². The fraction of sp³-hybridized carbons (Fsp3) is 0.267. The van der Waals surface area contributed by atoms with E-state index in [1.165, 1.54) is 12.1 Å². The number of amides is 1. The van der Waals surface area contributed by atoms with E-state index in [4.69, 9.17) is 0 Å². The van der Waals surface area contributed by atoms with Gasteiger partial charge in [0.05, 0.1) is 5.69 Å². The van der Waals surface area contributed by atoms with E-state index < -0.39 is 5.82 Å². The van der Waals surface area contributed by atoms with E-state index in [9.17, 15) is 14.0 Å². The van der Waals surface area contributed by atoms with Crippen molar-refractivity contribution in [1.82, 2.24) is 9.97 Å². The minimum absolute atomic E-state index is 0.0736. The van der Waals surface area contributed by atoms with Crippen LogP contribution < -0.4 is 10.9 Å². The summed E-state index contributed by atoms with van der Waals surface area (Å²) in [6, 6.07) is 4.38. The second kappa shape index (κ2) is 6.83. The van der Waals surface area contributed by atoms with Crippen molar-refractivity contribution >= 4 is 27.5 Å². The van der Waals surface area contributed by atoms with E-state index in [2.05, 4.69) is 31.2 Å². The van der Waals surface area contributed by atoms with Gasteiger partial charge in [-0.25, -0.2) is 9.37 Å². The average Bonchev–Trinajstić information content (AvgIpc) is 2.40. The maximum absolute atomic E-state index is 13.6. The number of hydrogen-bond donors (Lipinski definition) is 2. The Morgan fingerprint density at radius 2 is 2.14 bits per heavy atom. The number of carbonyl (C=O) groups excluding carboxylic acids is 1. The number of aromatic nitrogens is 2. The lowest BCUT2D eigenvalue weighted by Gasteiger charge is -2.08. The number of aromatic amines is 1. The van der Waals surface area contributed by atoms with Gasteiger partial charge in [0, 0.05) is 22.2 Å². The summed E-state index contributed by atoms with van der Waals surface area (Å²) >= 11 is 3.15. The number of benzene rings is 1. The van der Waals surface area contributed by atoms with E-state index in [0.29, 0.717) is 21.6 Å². The van der Waals surface area contributed by atoms with Crippen molar-refractivity contribution in [3.05, 3.63) is 55.9 Å². The number of rotatable bonds is 4. The minimum Gasteiger partial charge on any atom is -0.324 e. The second-order valence-corrected chi connectivity index (χ2v) is 5.80. The Hall–Kier alpha value is -2.02. The van der Waals surface area contributed by atoms with Gasteiger partial charge in [-0.05, 0) is 38.5 Å². The zero-order valence-electron chi connectivity index (χ0n) is 12.2. The maximum Gasteiger partial charge on any atom is 0.254 e. The molecule has 1 aromatic heterocycles. The van der Waals surface area contributed by atoms with Crippen molar-refractivity contribution in [1.29, 1.82) is 0 Å².